The van der Waals surface area contributed by atoms with Gasteiger partial charge in [0, 0.05) is 32.4 Å². The van der Waals surface area contributed by atoms with Gasteiger partial charge >= 0.3 is 12.0 Å². The quantitative estimate of drug-likeness (QED) is 0.660. The summed E-state index contributed by atoms with van der Waals surface area (Å²) in [5, 5.41) is 13.5. The number of aromatic nitrogens is 2. The van der Waals surface area contributed by atoms with Crippen LogP contribution < -0.4 is 10.6 Å². The molecule has 17 heavy (non-hydrogen) atoms. The van der Waals surface area contributed by atoms with E-state index in [0.717, 1.165) is 5.82 Å². The van der Waals surface area contributed by atoms with Crippen molar-refractivity contribution in [3.63, 3.8) is 0 Å². The minimum absolute atomic E-state index is 0.406. The summed E-state index contributed by atoms with van der Waals surface area (Å²) in [6.45, 7) is 1.81. The number of rotatable bonds is 5. The lowest BCUT2D eigenvalue weighted by molar-refractivity contribution is -0.138. The maximum Gasteiger partial charge on any atom is 0.325 e. The van der Waals surface area contributed by atoms with Crippen LogP contribution in [0.2, 0.25) is 0 Å². The van der Waals surface area contributed by atoms with Crippen molar-refractivity contribution in [1.29, 1.82) is 0 Å². The molecule has 1 unspecified atom stereocenters. The van der Waals surface area contributed by atoms with Crippen LogP contribution >= 0.6 is 0 Å². The second kappa shape index (κ2) is 5.88. The number of hydrogen-bond acceptors (Lipinski definition) is 3. The average molecular weight is 240 g/mol. The summed E-state index contributed by atoms with van der Waals surface area (Å²) in [5.74, 6) is -0.208. The highest BCUT2D eigenvalue weighted by Gasteiger charge is 2.13. The van der Waals surface area contributed by atoms with Crippen LogP contribution in [-0.4, -0.2) is 39.2 Å². The van der Waals surface area contributed by atoms with Gasteiger partial charge in [-0.3, -0.25) is 4.79 Å². The van der Waals surface area contributed by atoms with E-state index in [2.05, 4.69) is 15.6 Å². The van der Waals surface area contributed by atoms with E-state index in [9.17, 15) is 9.59 Å². The van der Waals surface area contributed by atoms with E-state index in [1.165, 1.54) is 6.92 Å². The molecule has 0 saturated carbocycles. The molecule has 2 amide bonds. The highest BCUT2D eigenvalue weighted by Crippen LogP contribution is 1.93. The topological polar surface area (TPSA) is 96.3 Å². The maximum absolute atomic E-state index is 11.3. The molecule has 0 aliphatic rings. The second-order valence-electron chi connectivity index (χ2n) is 3.66. The summed E-state index contributed by atoms with van der Waals surface area (Å²) in [6, 6.07) is -1.39. The van der Waals surface area contributed by atoms with Crippen molar-refractivity contribution >= 4 is 12.0 Å². The van der Waals surface area contributed by atoms with E-state index < -0.39 is 18.0 Å². The van der Waals surface area contributed by atoms with Crippen molar-refractivity contribution in [2.24, 2.45) is 7.05 Å². The van der Waals surface area contributed by atoms with E-state index >= 15 is 0 Å². The lowest BCUT2D eigenvalue weighted by atomic mass is 10.3. The van der Waals surface area contributed by atoms with Crippen molar-refractivity contribution in [2.45, 2.75) is 19.4 Å². The molecule has 1 heterocycles. The minimum Gasteiger partial charge on any atom is -0.480 e. The number of aryl methyl sites for hydroxylation is 1. The summed E-state index contributed by atoms with van der Waals surface area (Å²) in [6.07, 6.45) is 4.10. The molecular formula is C10H16N4O3. The van der Waals surface area contributed by atoms with Gasteiger partial charge in [-0.05, 0) is 6.92 Å². The first-order valence-corrected chi connectivity index (χ1v) is 5.24. The van der Waals surface area contributed by atoms with Gasteiger partial charge in [-0.2, -0.15) is 0 Å². The molecule has 0 aromatic carbocycles. The van der Waals surface area contributed by atoms with Crippen LogP contribution in [0.4, 0.5) is 4.79 Å². The number of amides is 2. The molecule has 0 radical (unpaired) electrons. The number of carbonyl (C=O) groups excluding carboxylic acids is 1. The van der Waals surface area contributed by atoms with Crippen LogP contribution in [0.5, 0.6) is 0 Å². The molecule has 0 aliphatic carbocycles. The molecule has 0 fully saturated rings. The largest absolute Gasteiger partial charge is 0.480 e. The third-order valence-corrected chi connectivity index (χ3v) is 2.27. The summed E-state index contributed by atoms with van der Waals surface area (Å²) < 4.78 is 1.86. The number of carboxylic acids is 1. The van der Waals surface area contributed by atoms with Crippen LogP contribution in [0.3, 0.4) is 0 Å². The molecule has 1 aromatic heterocycles. The zero-order chi connectivity index (χ0) is 12.8. The minimum atomic E-state index is -1.07. The van der Waals surface area contributed by atoms with Crippen LogP contribution in [0, 0.1) is 0 Å². The fourth-order valence-electron chi connectivity index (χ4n) is 1.23. The predicted molar refractivity (Wildman–Crippen MR) is 60.5 cm³/mol. The molecule has 94 valence electrons. The van der Waals surface area contributed by atoms with E-state index in [0.29, 0.717) is 13.0 Å². The van der Waals surface area contributed by atoms with Crippen LogP contribution in [0.1, 0.15) is 12.7 Å². The summed E-state index contributed by atoms with van der Waals surface area (Å²) in [4.78, 5) is 25.8. The Morgan fingerprint density at radius 3 is 2.82 bits per heavy atom. The van der Waals surface area contributed by atoms with E-state index in [1.54, 1.807) is 6.20 Å². The zero-order valence-corrected chi connectivity index (χ0v) is 9.80. The molecule has 0 aliphatic heterocycles. The Labute approximate surface area is 98.8 Å². The van der Waals surface area contributed by atoms with Crippen molar-refractivity contribution in [3.8, 4) is 0 Å². The SMILES string of the molecule is CC(NC(=O)NCCc1nccn1C)C(=O)O. The highest BCUT2D eigenvalue weighted by atomic mass is 16.4. The number of carboxylic acid groups (broad SMARTS) is 1. The number of hydrogen-bond donors (Lipinski definition) is 3. The second-order valence-corrected chi connectivity index (χ2v) is 3.66. The van der Waals surface area contributed by atoms with Gasteiger partial charge < -0.3 is 20.3 Å². The molecule has 7 heteroatoms. The van der Waals surface area contributed by atoms with Crippen LogP contribution in [0.25, 0.3) is 0 Å². The smallest absolute Gasteiger partial charge is 0.325 e. The van der Waals surface area contributed by atoms with E-state index in [4.69, 9.17) is 5.11 Å². The normalized spacial score (nSPS) is 11.9. The van der Waals surface area contributed by atoms with Crippen molar-refractivity contribution in [3.05, 3.63) is 18.2 Å². The first kappa shape index (κ1) is 13.0. The van der Waals surface area contributed by atoms with E-state index in [-0.39, 0.29) is 0 Å². The van der Waals surface area contributed by atoms with Gasteiger partial charge in [0.2, 0.25) is 0 Å². The van der Waals surface area contributed by atoms with Gasteiger partial charge in [0.05, 0.1) is 0 Å². The number of urea groups is 1. The Balaban J connectivity index is 2.25. The average Bonchev–Trinajstić information content (AvgIpc) is 2.64. The Morgan fingerprint density at radius 2 is 2.29 bits per heavy atom. The highest BCUT2D eigenvalue weighted by molar-refractivity contribution is 5.82. The van der Waals surface area contributed by atoms with Crippen molar-refractivity contribution in [1.82, 2.24) is 20.2 Å². The van der Waals surface area contributed by atoms with Gasteiger partial charge in [0.25, 0.3) is 0 Å². The Bertz CT molecular complexity index is 402. The summed E-state index contributed by atoms with van der Waals surface area (Å²) in [7, 11) is 1.87. The van der Waals surface area contributed by atoms with Gasteiger partial charge in [-0.1, -0.05) is 0 Å². The van der Waals surface area contributed by atoms with Gasteiger partial charge in [-0.15, -0.1) is 0 Å². The van der Waals surface area contributed by atoms with Gasteiger partial charge in [-0.25, -0.2) is 9.78 Å². The molecule has 0 spiro atoms. The lowest BCUT2D eigenvalue weighted by Gasteiger charge is -2.10. The van der Waals surface area contributed by atoms with Crippen LogP contribution in [-0.2, 0) is 18.3 Å². The first-order chi connectivity index (χ1) is 8.00. The molecular weight excluding hydrogens is 224 g/mol. The molecule has 1 atom stereocenters. The number of aliphatic carboxylic acids is 1. The summed E-state index contributed by atoms with van der Waals surface area (Å²) in [5.41, 5.74) is 0. The monoisotopic (exact) mass is 240 g/mol. The number of nitrogens with one attached hydrogen (secondary N) is 2. The number of nitrogens with zero attached hydrogens (tertiary/aromatic N) is 2. The number of carbonyl (C=O) groups is 2. The number of imidazole rings is 1. The van der Waals surface area contributed by atoms with Crippen molar-refractivity contribution < 1.29 is 14.7 Å². The molecule has 0 saturated heterocycles. The third-order valence-electron chi connectivity index (χ3n) is 2.27. The maximum atomic E-state index is 11.3. The Kier molecular flexibility index (Phi) is 4.50. The van der Waals surface area contributed by atoms with Crippen LogP contribution in [0.15, 0.2) is 12.4 Å². The van der Waals surface area contributed by atoms with Gasteiger partial charge in [0.15, 0.2) is 0 Å². The fraction of sp³-hybridized carbons (Fsp3) is 0.500. The standard InChI is InChI=1S/C10H16N4O3/c1-7(9(15)16)13-10(17)12-4-3-8-11-5-6-14(8)2/h5-7H,3-4H2,1-2H3,(H,15,16)(H2,12,13,17). The van der Waals surface area contributed by atoms with Crippen molar-refractivity contribution in [2.75, 3.05) is 6.54 Å². The summed E-state index contributed by atoms with van der Waals surface area (Å²) >= 11 is 0. The lowest BCUT2D eigenvalue weighted by Crippen LogP contribution is -2.44. The predicted octanol–water partition coefficient (Wildman–Crippen LogP) is -0.265. The third kappa shape index (κ3) is 4.13. The Morgan fingerprint density at radius 1 is 1.59 bits per heavy atom. The zero-order valence-electron chi connectivity index (χ0n) is 9.80. The first-order valence-electron chi connectivity index (χ1n) is 5.24. The fourth-order valence-corrected chi connectivity index (χ4v) is 1.23. The van der Waals surface area contributed by atoms with E-state index in [1.807, 2.05) is 17.8 Å². The molecule has 1 rings (SSSR count). The molecule has 0 bridgehead atoms. The Hall–Kier alpha value is -2.05. The molecule has 7 nitrogen and oxygen atoms in total. The van der Waals surface area contributed by atoms with Gasteiger partial charge in [0.1, 0.15) is 11.9 Å². The molecule has 1 aromatic rings. The molecule has 3 N–H and O–H groups in total.